The van der Waals surface area contributed by atoms with Crippen LogP contribution >= 0.6 is 0 Å². The molecular formula is C12H19N3O4. The van der Waals surface area contributed by atoms with E-state index in [0.29, 0.717) is 39.1 Å². The van der Waals surface area contributed by atoms with Crippen molar-refractivity contribution >= 4 is 12.0 Å². The van der Waals surface area contributed by atoms with Crippen molar-refractivity contribution in [2.75, 3.05) is 33.4 Å². The first-order chi connectivity index (χ1) is 9.11. The molecule has 0 aliphatic carbocycles. The van der Waals surface area contributed by atoms with Gasteiger partial charge in [0.25, 0.3) is 0 Å². The van der Waals surface area contributed by atoms with E-state index < -0.39 is 12.0 Å². The molecule has 0 aromatic rings. The van der Waals surface area contributed by atoms with E-state index in [2.05, 4.69) is 0 Å². The van der Waals surface area contributed by atoms with Crippen molar-refractivity contribution in [1.29, 1.82) is 5.26 Å². The third-order valence-electron chi connectivity index (χ3n) is 3.11. The molecule has 0 bridgehead atoms. The summed E-state index contributed by atoms with van der Waals surface area (Å²) in [7, 11) is 1.53. The quantitative estimate of drug-likeness (QED) is 0.758. The first-order valence-corrected chi connectivity index (χ1v) is 6.26. The van der Waals surface area contributed by atoms with Crippen LogP contribution in [0.5, 0.6) is 0 Å². The van der Waals surface area contributed by atoms with Crippen LogP contribution in [0.3, 0.4) is 0 Å². The van der Waals surface area contributed by atoms with Gasteiger partial charge in [-0.15, -0.1) is 0 Å². The number of carbonyl (C=O) groups is 2. The molecule has 0 unspecified atom stereocenters. The molecule has 1 fully saturated rings. The number of carboxylic acids is 1. The predicted molar refractivity (Wildman–Crippen MR) is 66.4 cm³/mol. The lowest BCUT2D eigenvalue weighted by molar-refractivity contribution is -0.141. The Morgan fingerprint density at radius 1 is 1.53 bits per heavy atom. The first kappa shape index (κ1) is 15.2. The largest absolute Gasteiger partial charge is 0.480 e. The van der Waals surface area contributed by atoms with Gasteiger partial charge in [-0.05, 0) is 12.8 Å². The predicted octanol–water partition coefficient (Wildman–Crippen LogP) is 0.517. The molecule has 0 radical (unpaired) electrons. The van der Waals surface area contributed by atoms with Crippen molar-refractivity contribution in [2.45, 2.75) is 25.3 Å². The van der Waals surface area contributed by atoms with Crippen LogP contribution in [-0.2, 0) is 9.53 Å². The number of methoxy groups -OCH3 is 1. The van der Waals surface area contributed by atoms with Crippen molar-refractivity contribution in [3.63, 3.8) is 0 Å². The maximum absolute atomic E-state index is 12.3. The van der Waals surface area contributed by atoms with Crippen molar-refractivity contribution in [3.05, 3.63) is 0 Å². The molecule has 0 aromatic heterocycles. The lowest BCUT2D eigenvalue weighted by atomic mass is 10.2. The van der Waals surface area contributed by atoms with Crippen LogP contribution in [0.15, 0.2) is 0 Å². The van der Waals surface area contributed by atoms with Crippen LogP contribution in [-0.4, -0.2) is 66.3 Å². The highest BCUT2D eigenvalue weighted by Crippen LogP contribution is 2.19. The van der Waals surface area contributed by atoms with Gasteiger partial charge in [0.15, 0.2) is 0 Å². The zero-order chi connectivity index (χ0) is 14.3. The molecule has 1 aliphatic heterocycles. The Hall–Kier alpha value is -1.81. The van der Waals surface area contributed by atoms with Gasteiger partial charge in [-0.3, -0.25) is 0 Å². The number of aliphatic carboxylic acids is 1. The van der Waals surface area contributed by atoms with Crippen molar-refractivity contribution in [2.24, 2.45) is 0 Å². The molecule has 1 saturated heterocycles. The monoisotopic (exact) mass is 269 g/mol. The van der Waals surface area contributed by atoms with Gasteiger partial charge in [-0.25, -0.2) is 9.59 Å². The van der Waals surface area contributed by atoms with Gasteiger partial charge in [0.1, 0.15) is 6.04 Å². The van der Waals surface area contributed by atoms with E-state index in [1.807, 2.05) is 6.07 Å². The topological polar surface area (TPSA) is 93.9 Å². The average Bonchev–Trinajstić information content (AvgIpc) is 2.87. The van der Waals surface area contributed by atoms with E-state index in [1.165, 1.54) is 16.9 Å². The van der Waals surface area contributed by atoms with E-state index in [0.717, 1.165) is 0 Å². The lowest BCUT2D eigenvalue weighted by Gasteiger charge is -2.29. The minimum atomic E-state index is -0.974. The van der Waals surface area contributed by atoms with E-state index in [4.69, 9.17) is 15.1 Å². The summed E-state index contributed by atoms with van der Waals surface area (Å²) in [6.07, 6.45) is 1.40. The number of carbonyl (C=O) groups excluding carboxylic acids is 1. The highest BCUT2D eigenvalue weighted by atomic mass is 16.5. The number of likely N-dealkylation sites (tertiary alicyclic amines) is 1. The van der Waals surface area contributed by atoms with Crippen LogP contribution in [0.25, 0.3) is 0 Å². The Kier molecular flexibility index (Phi) is 6.09. The van der Waals surface area contributed by atoms with Gasteiger partial charge in [0, 0.05) is 26.7 Å². The Labute approximate surface area is 112 Å². The van der Waals surface area contributed by atoms with Crippen molar-refractivity contribution in [1.82, 2.24) is 9.80 Å². The normalized spacial score (nSPS) is 18.1. The molecule has 19 heavy (non-hydrogen) atoms. The van der Waals surface area contributed by atoms with Gasteiger partial charge in [0.05, 0.1) is 19.1 Å². The SMILES string of the molecule is COCCN(CCC#N)C(=O)N1CCC[C@@H]1C(=O)O. The standard InChI is InChI=1S/C12H19N3O4/c1-19-9-8-14(6-3-5-13)12(18)15-7-2-4-10(15)11(16)17/h10H,2-4,6-9H2,1H3,(H,16,17)/t10-/m1/s1. The summed E-state index contributed by atoms with van der Waals surface area (Å²) in [6.45, 7) is 1.47. The number of hydrogen-bond donors (Lipinski definition) is 1. The molecule has 1 aliphatic rings. The molecule has 7 heteroatoms. The highest BCUT2D eigenvalue weighted by molar-refractivity contribution is 5.83. The fourth-order valence-electron chi connectivity index (χ4n) is 2.12. The Bertz CT molecular complexity index is 366. The molecule has 106 valence electrons. The molecular weight excluding hydrogens is 250 g/mol. The summed E-state index contributed by atoms with van der Waals surface area (Å²) in [5.41, 5.74) is 0. The molecule has 0 spiro atoms. The summed E-state index contributed by atoms with van der Waals surface area (Å²) in [5.74, 6) is -0.974. The maximum Gasteiger partial charge on any atom is 0.326 e. The fourth-order valence-corrected chi connectivity index (χ4v) is 2.12. The van der Waals surface area contributed by atoms with Crippen LogP contribution in [0.2, 0.25) is 0 Å². The Morgan fingerprint density at radius 2 is 2.26 bits per heavy atom. The number of nitrogens with zero attached hydrogens (tertiary/aromatic N) is 3. The number of amides is 2. The first-order valence-electron chi connectivity index (χ1n) is 6.26. The van der Waals surface area contributed by atoms with Crippen molar-refractivity contribution < 1.29 is 19.4 Å². The van der Waals surface area contributed by atoms with Gasteiger partial charge in [-0.1, -0.05) is 0 Å². The van der Waals surface area contributed by atoms with Crippen LogP contribution < -0.4 is 0 Å². The number of rotatable bonds is 6. The second kappa shape index (κ2) is 7.59. The average molecular weight is 269 g/mol. The lowest BCUT2D eigenvalue weighted by Crippen LogP contribution is -2.49. The number of urea groups is 1. The van der Waals surface area contributed by atoms with E-state index in [9.17, 15) is 9.59 Å². The molecule has 0 saturated carbocycles. The molecule has 2 amide bonds. The fraction of sp³-hybridized carbons (Fsp3) is 0.750. The van der Waals surface area contributed by atoms with Crippen molar-refractivity contribution in [3.8, 4) is 6.07 Å². The molecule has 1 atom stereocenters. The van der Waals surface area contributed by atoms with Gasteiger partial charge in [-0.2, -0.15) is 5.26 Å². The zero-order valence-corrected chi connectivity index (χ0v) is 11.0. The molecule has 1 heterocycles. The van der Waals surface area contributed by atoms with Gasteiger partial charge < -0.3 is 19.6 Å². The van der Waals surface area contributed by atoms with E-state index >= 15 is 0 Å². The molecule has 7 nitrogen and oxygen atoms in total. The minimum absolute atomic E-state index is 0.223. The molecule has 1 rings (SSSR count). The van der Waals surface area contributed by atoms with Crippen LogP contribution in [0.4, 0.5) is 4.79 Å². The number of nitriles is 1. The third-order valence-corrected chi connectivity index (χ3v) is 3.11. The smallest absolute Gasteiger partial charge is 0.326 e. The summed E-state index contributed by atoms with van der Waals surface area (Å²) in [6, 6.07) is 0.912. The third kappa shape index (κ3) is 4.10. The van der Waals surface area contributed by atoms with Crippen LogP contribution in [0, 0.1) is 11.3 Å². The Morgan fingerprint density at radius 3 is 2.84 bits per heavy atom. The van der Waals surface area contributed by atoms with Crippen LogP contribution in [0.1, 0.15) is 19.3 Å². The molecule has 0 aromatic carbocycles. The highest BCUT2D eigenvalue weighted by Gasteiger charge is 2.35. The maximum atomic E-state index is 12.3. The van der Waals surface area contributed by atoms with Gasteiger partial charge in [0.2, 0.25) is 0 Å². The second-order valence-corrected chi connectivity index (χ2v) is 4.36. The van der Waals surface area contributed by atoms with E-state index in [1.54, 1.807) is 0 Å². The summed E-state index contributed by atoms with van der Waals surface area (Å²) < 4.78 is 4.93. The Balaban J connectivity index is 2.68. The van der Waals surface area contributed by atoms with E-state index in [-0.39, 0.29) is 12.5 Å². The summed E-state index contributed by atoms with van der Waals surface area (Å²) in [5, 5.41) is 17.7. The molecule has 1 N–H and O–H groups in total. The number of ether oxygens (including phenoxy) is 1. The summed E-state index contributed by atoms with van der Waals surface area (Å²) >= 11 is 0. The van der Waals surface area contributed by atoms with Gasteiger partial charge >= 0.3 is 12.0 Å². The second-order valence-electron chi connectivity index (χ2n) is 4.36. The minimum Gasteiger partial charge on any atom is -0.480 e. The summed E-state index contributed by atoms with van der Waals surface area (Å²) in [4.78, 5) is 26.2. The number of carboxylic acid groups (broad SMARTS) is 1. The zero-order valence-electron chi connectivity index (χ0n) is 11.0. The number of hydrogen-bond acceptors (Lipinski definition) is 4.